The number of aromatic nitrogens is 1. The maximum Gasteiger partial charge on any atom is 0.416 e. The molecule has 0 radical (unpaired) electrons. The van der Waals surface area contributed by atoms with Gasteiger partial charge in [0.05, 0.1) is 23.0 Å². The first kappa shape index (κ1) is 22.3. The van der Waals surface area contributed by atoms with Crippen LogP contribution in [0.15, 0.2) is 48.8 Å². The fourth-order valence-corrected chi connectivity index (χ4v) is 4.49. The van der Waals surface area contributed by atoms with Crippen LogP contribution in [0.2, 0.25) is 0 Å². The predicted octanol–water partition coefficient (Wildman–Crippen LogP) is 4.14. The van der Waals surface area contributed by atoms with Crippen LogP contribution in [0.1, 0.15) is 42.1 Å². The molecule has 2 aliphatic rings. The first-order valence-electron chi connectivity index (χ1n) is 10.5. The predicted molar refractivity (Wildman–Crippen MR) is 111 cm³/mol. The number of nitrogens with zero attached hydrogens (tertiary/aromatic N) is 2. The first-order chi connectivity index (χ1) is 15.2. The number of rotatable bonds is 3. The van der Waals surface area contributed by atoms with Crippen molar-refractivity contribution in [3.63, 3.8) is 0 Å². The SMILES string of the molecule is C[C@H]1CN(C(=O)c2ccc(C(F)(F)F)cc2)CC[C@]12CC[C@H](C(=O)Nc1cccnc1)O2. The van der Waals surface area contributed by atoms with Crippen molar-refractivity contribution in [3.05, 3.63) is 59.9 Å². The van der Waals surface area contributed by atoms with Gasteiger partial charge in [-0.25, -0.2) is 0 Å². The van der Waals surface area contributed by atoms with E-state index in [4.69, 9.17) is 4.74 Å². The maximum atomic E-state index is 12.8. The lowest BCUT2D eigenvalue weighted by atomic mass is 9.80. The van der Waals surface area contributed by atoms with E-state index in [9.17, 15) is 22.8 Å². The Morgan fingerprint density at radius 1 is 1.19 bits per heavy atom. The molecule has 2 fully saturated rings. The molecule has 3 atom stereocenters. The molecule has 170 valence electrons. The van der Waals surface area contributed by atoms with Crippen LogP contribution in [0.3, 0.4) is 0 Å². The van der Waals surface area contributed by atoms with Gasteiger partial charge >= 0.3 is 6.18 Å². The third kappa shape index (κ3) is 4.48. The van der Waals surface area contributed by atoms with Gasteiger partial charge in [0.15, 0.2) is 0 Å². The van der Waals surface area contributed by atoms with E-state index in [1.165, 1.54) is 12.1 Å². The lowest BCUT2D eigenvalue weighted by Crippen LogP contribution is -2.52. The average Bonchev–Trinajstić information content (AvgIpc) is 3.21. The molecule has 2 aromatic rings. The summed E-state index contributed by atoms with van der Waals surface area (Å²) in [5.41, 5.74) is -0.447. The molecule has 2 amide bonds. The fraction of sp³-hybridized carbons (Fsp3) is 0.435. The number of nitrogens with one attached hydrogen (secondary N) is 1. The topological polar surface area (TPSA) is 71.5 Å². The van der Waals surface area contributed by atoms with Crippen molar-refractivity contribution < 1.29 is 27.5 Å². The monoisotopic (exact) mass is 447 g/mol. The second-order valence-electron chi connectivity index (χ2n) is 8.42. The molecule has 0 saturated carbocycles. The molecule has 1 aromatic carbocycles. The summed E-state index contributed by atoms with van der Waals surface area (Å²) in [4.78, 5) is 31.0. The highest BCUT2D eigenvalue weighted by atomic mass is 19.4. The van der Waals surface area contributed by atoms with Gasteiger partial charge in [-0.2, -0.15) is 13.2 Å². The van der Waals surface area contributed by atoms with E-state index in [1.54, 1.807) is 29.4 Å². The number of likely N-dealkylation sites (tertiary alicyclic amines) is 1. The van der Waals surface area contributed by atoms with E-state index in [-0.39, 0.29) is 23.3 Å². The van der Waals surface area contributed by atoms with Crippen molar-refractivity contribution in [1.29, 1.82) is 0 Å². The summed E-state index contributed by atoms with van der Waals surface area (Å²) in [7, 11) is 0. The van der Waals surface area contributed by atoms with Gasteiger partial charge in [0, 0.05) is 30.8 Å². The summed E-state index contributed by atoms with van der Waals surface area (Å²) in [5.74, 6) is -0.541. The molecule has 0 bridgehead atoms. The number of alkyl halides is 3. The van der Waals surface area contributed by atoms with E-state index in [0.717, 1.165) is 12.1 Å². The van der Waals surface area contributed by atoms with Gasteiger partial charge in [0.25, 0.3) is 11.8 Å². The van der Waals surface area contributed by atoms with E-state index in [1.807, 2.05) is 6.92 Å². The van der Waals surface area contributed by atoms with Crippen LogP contribution in [0.25, 0.3) is 0 Å². The normalized spacial score (nSPS) is 25.7. The number of carbonyl (C=O) groups excluding carboxylic acids is 2. The standard InChI is InChI=1S/C23H24F3N3O3/c1-15-14-29(21(31)16-4-6-17(7-5-16)23(24,25)26)12-10-22(15)9-8-19(32-22)20(30)28-18-3-2-11-27-13-18/h2-7,11,13,15,19H,8-10,12,14H2,1H3,(H,28,30)/t15-,19+,22+/m0/s1. The summed E-state index contributed by atoms with van der Waals surface area (Å²) in [5, 5.41) is 2.81. The Balaban J connectivity index is 1.37. The number of halogens is 3. The Hall–Kier alpha value is -2.94. The molecule has 32 heavy (non-hydrogen) atoms. The molecule has 2 saturated heterocycles. The van der Waals surface area contributed by atoms with Crippen molar-refractivity contribution >= 4 is 17.5 Å². The molecular weight excluding hydrogens is 423 g/mol. The van der Waals surface area contributed by atoms with Gasteiger partial charge in [-0.1, -0.05) is 6.92 Å². The molecule has 1 aromatic heterocycles. The van der Waals surface area contributed by atoms with Gasteiger partial charge in [-0.05, 0) is 55.7 Å². The molecule has 3 heterocycles. The minimum atomic E-state index is -4.44. The highest BCUT2D eigenvalue weighted by molar-refractivity contribution is 5.95. The summed E-state index contributed by atoms with van der Waals surface area (Å²) in [6.07, 6.45) is 0.0409. The molecule has 1 N–H and O–H groups in total. The summed E-state index contributed by atoms with van der Waals surface area (Å²) >= 11 is 0. The van der Waals surface area contributed by atoms with Gasteiger partial charge in [0.1, 0.15) is 6.10 Å². The molecule has 0 unspecified atom stereocenters. The first-order valence-corrected chi connectivity index (χ1v) is 10.5. The van der Waals surface area contributed by atoms with Gasteiger partial charge in [-0.3, -0.25) is 14.6 Å². The van der Waals surface area contributed by atoms with Crippen LogP contribution in [0, 0.1) is 5.92 Å². The molecule has 6 nitrogen and oxygen atoms in total. The van der Waals surface area contributed by atoms with Crippen molar-refractivity contribution in [2.24, 2.45) is 5.92 Å². The minimum Gasteiger partial charge on any atom is -0.362 e. The Labute approximate surface area is 183 Å². The Bertz CT molecular complexity index is 981. The Kier molecular flexibility index (Phi) is 5.94. The van der Waals surface area contributed by atoms with Crippen LogP contribution < -0.4 is 5.32 Å². The largest absolute Gasteiger partial charge is 0.416 e. The molecular formula is C23H24F3N3O3. The smallest absolute Gasteiger partial charge is 0.362 e. The Morgan fingerprint density at radius 3 is 2.56 bits per heavy atom. The fourth-order valence-electron chi connectivity index (χ4n) is 4.49. The van der Waals surface area contributed by atoms with Crippen molar-refractivity contribution in [3.8, 4) is 0 Å². The summed E-state index contributed by atoms with van der Waals surface area (Å²) < 4.78 is 44.5. The number of carbonyl (C=O) groups is 2. The molecule has 2 aliphatic heterocycles. The number of benzene rings is 1. The number of hydrogen-bond donors (Lipinski definition) is 1. The van der Waals surface area contributed by atoms with Crippen molar-refractivity contribution in [1.82, 2.24) is 9.88 Å². The summed E-state index contributed by atoms with van der Waals surface area (Å²) in [6, 6.07) is 7.76. The van der Waals surface area contributed by atoms with Crippen LogP contribution in [-0.4, -0.2) is 46.5 Å². The second kappa shape index (κ2) is 8.54. The number of piperidine rings is 1. The van der Waals surface area contributed by atoms with E-state index >= 15 is 0 Å². The molecule has 4 rings (SSSR count). The van der Waals surface area contributed by atoms with Crippen LogP contribution in [-0.2, 0) is 15.7 Å². The highest BCUT2D eigenvalue weighted by Gasteiger charge is 2.49. The van der Waals surface area contributed by atoms with Gasteiger partial charge < -0.3 is 15.0 Å². The number of anilines is 1. The van der Waals surface area contributed by atoms with Crippen LogP contribution in [0.4, 0.5) is 18.9 Å². The van der Waals surface area contributed by atoms with Gasteiger partial charge in [0.2, 0.25) is 0 Å². The van der Waals surface area contributed by atoms with E-state index in [2.05, 4.69) is 10.3 Å². The summed E-state index contributed by atoms with van der Waals surface area (Å²) in [6.45, 7) is 2.81. The van der Waals surface area contributed by atoms with E-state index in [0.29, 0.717) is 38.0 Å². The number of pyridine rings is 1. The number of ether oxygens (including phenoxy) is 1. The second-order valence-corrected chi connectivity index (χ2v) is 8.42. The lowest BCUT2D eigenvalue weighted by molar-refractivity contribution is -0.141. The molecule has 1 spiro atoms. The zero-order valence-corrected chi connectivity index (χ0v) is 17.6. The lowest BCUT2D eigenvalue weighted by Gasteiger charge is -2.44. The molecule has 0 aliphatic carbocycles. The third-order valence-electron chi connectivity index (χ3n) is 6.37. The van der Waals surface area contributed by atoms with Crippen molar-refractivity contribution in [2.75, 3.05) is 18.4 Å². The van der Waals surface area contributed by atoms with E-state index < -0.39 is 23.4 Å². The van der Waals surface area contributed by atoms with Crippen LogP contribution >= 0.6 is 0 Å². The maximum absolute atomic E-state index is 12.8. The zero-order chi connectivity index (χ0) is 22.9. The zero-order valence-electron chi connectivity index (χ0n) is 17.6. The van der Waals surface area contributed by atoms with Crippen molar-refractivity contribution in [2.45, 2.75) is 44.1 Å². The quantitative estimate of drug-likeness (QED) is 0.768. The Morgan fingerprint density at radius 2 is 1.94 bits per heavy atom. The highest BCUT2D eigenvalue weighted by Crippen LogP contribution is 2.43. The molecule has 9 heteroatoms. The number of hydrogen-bond acceptors (Lipinski definition) is 4. The minimum absolute atomic E-state index is 0.0224. The number of amides is 2. The van der Waals surface area contributed by atoms with Crippen LogP contribution in [0.5, 0.6) is 0 Å². The van der Waals surface area contributed by atoms with Gasteiger partial charge in [-0.15, -0.1) is 0 Å². The average molecular weight is 447 g/mol. The third-order valence-corrected chi connectivity index (χ3v) is 6.37.